The number of ether oxygens (including phenoxy) is 1. The zero-order valence-corrected chi connectivity index (χ0v) is 25.1. The normalized spacial score (nSPS) is 19.8. The van der Waals surface area contributed by atoms with Gasteiger partial charge in [-0.25, -0.2) is 0 Å². The quantitative estimate of drug-likeness (QED) is 0.175. The maximum atomic E-state index is 12.4. The van der Waals surface area contributed by atoms with Crippen LogP contribution in [0.4, 0.5) is 0 Å². The fourth-order valence-electron chi connectivity index (χ4n) is 6.25. The molecule has 9 nitrogen and oxygen atoms in total. The highest BCUT2D eigenvalue weighted by Crippen LogP contribution is 2.32. The second-order valence-corrected chi connectivity index (χ2v) is 11.9. The number of nitrogens with one attached hydrogen (secondary N) is 2. The summed E-state index contributed by atoms with van der Waals surface area (Å²) in [6.07, 6.45) is 9.67. The lowest BCUT2D eigenvalue weighted by Crippen LogP contribution is -3.07. The summed E-state index contributed by atoms with van der Waals surface area (Å²) in [5.41, 5.74) is 14.8. The number of phenols is 1. The number of hydrogen-bond donors (Lipinski definition) is 6. The molecule has 3 heterocycles. The molecule has 0 saturated carbocycles. The van der Waals surface area contributed by atoms with E-state index < -0.39 is 6.10 Å². The zero-order valence-electron chi connectivity index (χ0n) is 25.1. The van der Waals surface area contributed by atoms with Gasteiger partial charge in [-0.2, -0.15) is 0 Å². The number of nitrogens with two attached hydrogens (primary N) is 1. The largest absolute Gasteiger partial charge is 0.504 e. The minimum absolute atomic E-state index is 0.0196. The molecule has 0 spiro atoms. The maximum absolute atomic E-state index is 12.4. The number of benzene rings is 2. The van der Waals surface area contributed by atoms with Crippen molar-refractivity contribution < 1.29 is 29.8 Å². The molecule has 9 heteroatoms. The Morgan fingerprint density at radius 2 is 2.12 bits per heavy atom. The first kappa shape index (κ1) is 31.1. The maximum Gasteiger partial charge on any atom is 0.227 e. The average Bonchev–Trinajstić information content (AvgIpc) is 3.57. The van der Waals surface area contributed by atoms with E-state index in [0.29, 0.717) is 44.7 Å². The smallest absolute Gasteiger partial charge is 0.227 e. The number of ketones is 1. The molecule has 0 saturated heterocycles. The number of quaternary nitrogens is 1. The molecule has 0 amide bonds. The Balaban J connectivity index is 1.17. The third kappa shape index (κ3) is 7.60. The van der Waals surface area contributed by atoms with Crippen LogP contribution in [0.15, 0.2) is 58.9 Å². The number of nitrogens with zero attached hydrogens (tertiary/aromatic N) is 1. The number of carbonyl (C=O) groups is 1. The van der Waals surface area contributed by atoms with Gasteiger partial charge in [-0.1, -0.05) is 44.4 Å². The second kappa shape index (κ2) is 14.4. The van der Waals surface area contributed by atoms with Crippen molar-refractivity contribution in [1.29, 1.82) is 0 Å². The van der Waals surface area contributed by atoms with Crippen molar-refractivity contribution >= 4 is 11.5 Å². The topological polar surface area (TPSA) is 142 Å². The van der Waals surface area contributed by atoms with Crippen LogP contribution >= 0.6 is 0 Å². The van der Waals surface area contributed by atoms with Crippen molar-refractivity contribution in [3.05, 3.63) is 81.7 Å². The van der Waals surface area contributed by atoms with Gasteiger partial charge in [0.15, 0.2) is 11.5 Å². The predicted molar refractivity (Wildman–Crippen MR) is 166 cm³/mol. The summed E-state index contributed by atoms with van der Waals surface area (Å²) in [6, 6.07) is 9.20. The molecule has 3 atom stereocenters. The first-order chi connectivity index (χ1) is 20.9. The lowest BCUT2D eigenvalue weighted by atomic mass is 9.86. The molecule has 43 heavy (non-hydrogen) atoms. The molecule has 7 N–H and O–H groups in total. The number of aryl methyl sites for hydroxylation is 1. The fraction of sp³-hybridized carbons (Fsp3) is 0.471. The van der Waals surface area contributed by atoms with Crippen LogP contribution in [-0.4, -0.2) is 52.7 Å². The Morgan fingerprint density at radius 3 is 2.93 bits per heavy atom. The number of carbonyl (C=O) groups excluding carboxylic acids is 1. The van der Waals surface area contributed by atoms with Gasteiger partial charge in [-0.15, -0.1) is 0 Å². The number of fused-ring (bicyclic) bond motifs is 2. The molecule has 0 aliphatic carbocycles. The molecule has 230 valence electrons. The Hall–Kier alpha value is -3.34. The Kier molecular flexibility index (Phi) is 10.4. The summed E-state index contributed by atoms with van der Waals surface area (Å²) in [5.74, 6) is 0.494. The number of aliphatic hydroxyl groups excluding tert-OH is 2. The van der Waals surface area contributed by atoms with Crippen LogP contribution < -0.4 is 20.7 Å². The highest BCUT2D eigenvalue weighted by molar-refractivity contribution is 6.08. The number of hydrogen-bond acceptors (Lipinski definition) is 8. The molecule has 0 fully saturated rings. The van der Waals surface area contributed by atoms with E-state index in [4.69, 9.17) is 10.5 Å². The van der Waals surface area contributed by atoms with Crippen LogP contribution in [0.25, 0.3) is 0 Å². The molecular formula is C34H45N4O5+. The molecule has 0 radical (unpaired) electrons. The van der Waals surface area contributed by atoms with Crippen molar-refractivity contribution in [2.45, 2.75) is 83.6 Å². The van der Waals surface area contributed by atoms with Crippen LogP contribution in [0.3, 0.4) is 0 Å². The third-order valence-electron chi connectivity index (χ3n) is 8.69. The molecule has 5 rings (SSSR count). The third-order valence-corrected chi connectivity index (χ3v) is 8.69. The molecule has 2 aromatic carbocycles. The first-order valence-electron chi connectivity index (χ1n) is 15.6. The van der Waals surface area contributed by atoms with Gasteiger partial charge in [-0.3, -0.25) is 20.0 Å². The number of rotatable bonds is 15. The highest BCUT2D eigenvalue weighted by Gasteiger charge is 2.32. The van der Waals surface area contributed by atoms with Crippen molar-refractivity contribution in [2.75, 3.05) is 19.8 Å². The molecule has 2 aromatic rings. The molecule has 3 aliphatic rings. The van der Waals surface area contributed by atoms with Gasteiger partial charge in [-0.05, 0) is 64.8 Å². The standard InChI is InChI=1S/C34H44N4O5/c1-2-3-4-5-25(40)16-26(41)9-6-22-7-11-32(42)33(14-22)43-21-38-18-30-24(17-37-31(30)19-38)15-29-23(20-39)8-10-28-27(29)12-13-36-34(28)35/h7-8,10-11,14,17-18,25,34,36,39-40,42H,2-6,9,12-13,15-16,19-21,35H2,1H3/p+1/t25-,34+/m1/s1. The number of Topliss-reactive ketones (excluding diaryl/α,β-unsaturated/α-hetero) is 1. The summed E-state index contributed by atoms with van der Waals surface area (Å²) in [4.78, 5) is 18.1. The summed E-state index contributed by atoms with van der Waals surface area (Å²) in [5, 5.41) is 33.9. The van der Waals surface area contributed by atoms with Gasteiger partial charge in [0.05, 0.1) is 24.4 Å². The number of allylic oxidation sites excluding steroid dienone is 1. The Morgan fingerprint density at radius 1 is 1.26 bits per heavy atom. The number of aliphatic hydroxyl groups is 2. The SMILES string of the molecule is CCCCC[C@@H](O)CC(=O)CCc1ccc(O)c(OC[NH+]2C=C3C(Cc4c(CO)ccc5c4CCN[C@@H]5N)=CN=C3C2)c1. The van der Waals surface area contributed by atoms with E-state index in [1.165, 1.54) is 5.56 Å². The van der Waals surface area contributed by atoms with E-state index >= 15 is 0 Å². The first-order valence-corrected chi connectivity index (χ1v) is 15.6. The highest BCUT2D eigenvalue weighted by atomic mass is 16.5. The van der Waals surface area contributed by atoms with E-state index in [1.54, 1.807) is 18.2 Å². The van der Waals surface area contributed by atoms with Gasteiger partial charge in [0.2, 0.25) is 6.73 Å². The van der Waals surface area contributed by atoms with Gasteiger partial charge >= 0.3 is 0 Å². The second-order valence-electron chi connectivity index (χ2n) is 11.9. The number of unbranched alkanes of at least 4 members (excludes halogenated alkanes) is 2. The van der Waals surface area contributed by atoms with E-state index in [0.717, 1.165) is 76.2 Å². The molecular weight excluding hydrogens is 544 g/mol. The van der Waals surface area contributed by atoms with Crippen molar-refractivity contribution in [2.24, 2.45) is 10.7 Å². The fourth-order valence-corrected chi connectivity index (χ4v) is 6.25. The molecule has 1 unspecified atom stereocenters. The Labute approximate surface area is 253 Å². The lowest BCUT2D eigenvalue weighted by molar-refractivity contribution is -0.851. The number of aromatic hydroxyl groups is 1. The van der Waals surface area contributed by atoms with Crippen molar-refractivity contribution in [3.8, 4) is 11.5 Å². The summed E-state index contributed by atoms with van der Waals surface area (Å²) < 4.78 is 6.04. The lowest BCUT2D eigenvalue weighted by Gasteiger charge is -2.27. The summed E-state index contributed by atoms with van der Waals surface area (Å²) >= 11 is 0. The average molecular weight is 590 g/mol. The van der Waals surface area contributed by atoms with E-state index in [-0.39, 0.29) is 30.7 Å². The Bertz CT molecular complexity index is 1420. The monoisotopic (exact) mass is 589 g/mol. The van der Waals surface area contributed by atoms with Crippen LogP contribution in [0.1, 0.15) is 79.4 Å². The van der Waals surface area contributed by atoms with E-state index in [2.05, 4.69) is 23.4 Å². The summed E-state index contributed by atoms with van der Waals surface area (Å²) in [6.45, 7) is 3.90. The molecule has 0 bridgehead atoms. The minimum atomic E-state index is -0.569. The number of aliphatic imine (C=N–C) groups is 1. The zero-order chi connectivity index (χ0) is 30.3. The van der Waals surface area contributed by atoms with Crippen LogP contribution in [0, 0.1) is 0 Å². The van der Waals surface area contributed by atoms with Gasteiger partial charge in [0.1, 0.15) is 24.2 Å². The van der Waals surface area contributed by atoms with Crippen LogP contribution in [0.2, 0.25) is 0 Å². The summed E-state index contributed by atoms with van der Waals surface area (Å²) in [7, 11) is 0. The van der Waals surface area contributed by atoms with Crippen molar-refractivity contribution in [3.63, 3.8) is 0 Å². The predicted octanol–water partition coefficient (Wildman–Crippen LogP) is 2.52. The molecule has 0 aromatic heterocycles. The van der Waals surface area contributed by atoms with Gasteiger partial charge < -0.3 is 25.8 Å². The number of phenolic OH excluding ortho intramolecular Hbond substituents is 1. The van der Waals surface area contributed by atoms with E-state index in [9.17, 15) is 20.1 Å². The van der Waals surface area contributed by atoms with E-state index in [1.807, 2.05) is 18.3 Å². The minimum Gasteiger partial charge on any atom is -0.504 e. The van der Waals surface area contributed by atoms with Crippen LogP contribution in [0.5, 0.6) is 11.5 Å². The van der Waals surface area contributed by atoms with Crippen molar-refractivity contribution in [1.82, 2.24) is 5.32 Å². The molecule has 3 aliphatic heterocycles. The van der Waals surface area contributed by atoms with Crippen LogP contribution in [-0.2, 0) is 30.7 Å². The van der Waals surface area contributed by atoms with Gasteiger partial charge in [0.25, 0.3) is 0 Å². The van der Waals surface area contributed by atoms with Gasteiger partial charge in [0, 0.05) is 32.0 Å².